The number of benzene rings is 1. The summed E-state index contributed by atoms with van der Waals surface area (Å²) in [5, 5.41) is 11.9. The van der Waals surface area contributed by atoms with Crippen LogP contribution < -0.4 is 5.32 Å². The van der Waals surface area contributed by atoms with E-state index in [-0.39, 0.29) is 17.1 Å². The Bertz CT molecular complexity index is 583. The summed E-state index contributed by atoms with van der Waals surface area (Å²) < 4.78 is 13.2. The van der Waals surface area contributed by atoms with Crippen LogP contribution in [0.4, 0.5) is 10.1 Å². The van der Waals surface area contributed by atoms with Gasteiger partial charge in [0.15, 0.2) is 0 Å². The SMILES string of the molecule is O=C(O)c1cc[nH]c1CNc1ccc(Cl)c(F)c1. The van der Waals surface area contributed by atoms with Gasteiger partial charge in [-0.2, -0.15) is 0 Å². The van der Waals surface area contributed by atoms with Crippen LogP contribution in [0, 0.1) is 5.82 Å². The van der Waals surface area contributed by atoms with E-state index in [1.54, 1.807) is 12.3 Å². The number of halogens is 2. The van der Waals surface area contributed by atoms with Gasteiger partial charge in [0.25, 0.3) is 0 Å². The van der Waals surface area contributed by atoms with Gasteiger partial charge in [0.2, 0.25) is 0 Å². The first-order valence-corrected chi connectivity index (χ1v) is 5.54. The van der Waals surface area contributed by atoms with Crippen LogP contribution in [0.2, 0.25) is 5.02 Å². The quantitative estimate of drug-likeness (QED) is 0.798. The minimum atomic E-state index is -1.00. The van der Waals surface area contributed by atoms with Crippen molar-refractivity contribution in [3.05, 3.63) is 52.6 Å². The summed E-state index contributed by atoms with van der Waals surface area (Å²) in [4.78, 5) is 13.7. The van der Waals surface area contributed by atoms with Crippen LogP contribution in [0.3, 0.4) is 0 Å². The van der Waals surface area contributed by atoms with Crippen LogP contribution in [0.15, 0.2) is 30.5 Å². The molecule has 3 N–H and O–H groups in total. The van der Waals surface area contributed by atoms with Crippen molar-refractivity contribution in [3.8, 4) is 0 Å². The Balaban J connectivity index is 2.09. The molecular weight excluding hydrogens is 259 g/mol. The number of carboxylic acids is 1. The number of hydrogen-bond acceptors (Lipinski definition) is 2. The van der Waals surface area contributed by atoms with Crippen molar-refractivity contribution in [2.75, 3.05) is 5.32 Å². The maximum atomic E-state index is 13.2. The molecule has 1 aromatic heterocycles. The van der Waals surface area contributed by atoms with Crippen LogP contribution in [-0.2, 0) is 6.54 Å². The summed E-state index contributed by atoms with van der Waals surface area (Å²) in [6, 6.07) is 5.79. The molecule has 0 saturated carbocycles. The van der Waals surface area contributed by atoms with Gasteiger partial charge < -0.3 is 15.4 Å². The highest BCUT2D eigenvalue weighted by atomic mass is 35.5. The molecule has 0 atom stereocenters. The van der Waals surface area contributed by atoms with Crippen molar-refractivity contribution in [3.63, 3.8) is 0 Å². The molecule has 0 fully saturated rings. The number of aromatic carboxylic acids is 1. The lowest BCUT2D eigenvalue weighted by molar-refractivity contribution is 0.0696. The van der Waals surface area contributed by atoms with Crippen molar-refractivity contribution >= 4 is 23.3 Å². The number of aromatic nitrogens is 1. The lowest BCUT2D eigenvalue weighted by Crippen LogP contribution is -2.06. The third-order valence-electron chi connectivity index (χ3n) is 2.45. The van der Waals surface area contributed by atoms with E-state index in [1.165, 1.54) is 18.2 Å². The molecule has 0 aliphatic heterocycles. The minimum Gasteiger partial charge on any atom is -0.478 e. The van der Waals surface area contributed by atoms with Crippen molar-refractivity contribution < 1.29 is 14.3 Å². The van der Waals surface area contributed by atoms with E-state index in [2.05, 4.69) is 10.3 Å². The molecule has 0 radical (unpaired) electrons. The Labute approximate surface area is 107 Å². The second kappa shape index (κ2) is 5.10. The number of anilines is 1. The zero-order chi connectivity index (χ0) is 13.1. The Morgan fingerprint density at radius 3 is 2.89 bits per heavy atom. The fourth-order valence-electron chi connectivity index (χ4n) is 1.55. The molecule has 0 spiro atoms. The second-order valence-corrected chi connectivity index (χ2v) is 4.06. The first-order chi connectivity index (χ1) is 8.58. The molecule has 0 unspecified atom stereocenters. The average molecular weight is 269 g/mol. The molecule has 0 saturated heterocycles. The Kier molecular flexibility index (Phi) is 3.53. The number of rotatable bonds is 4. The third kappa shape index (κ3) is 2.62. The van der Waals surface area contributed by atoms with E-state index in [0.29, 0.717) is 11.4 Å². The Hall–Kier alpha value is -2.01. The lowest BCUT2D eigenvalue weighted by Gasteiger charge is -2.06. The predicted molar refractivity (Wildman–Crippen MR) is 66.5 cm³/mol. The van der Waals surface area contributed by atoms with Crippen molar-refractivity contribution in [2.24, 2.45) is 0 Å². The molecule has 0 amide bonds. The molecule has 2 aromatic rings. The third-order valence-corrected chi connectivity index (χ3v) is 2.76. The van der Waals surface area contributed by atoms with Crippen LogP contribution in [0.25, 0.3) is 0 Å². The Morgan fingerprint density at radius 2 is 2.22 bits per heavy atom. The minimum absolute atomic E-state index is 0.0478. The van der Waals surface area contributed by atoms with Gasteiger partial charge >= 0.3 is 5.97 Å². The highest BCUT2D eigenvalue weighted by Crippen LogP contribution is 2.19. The first kappa shape index (κ1) is 12.4. The van der Waals surface area contributed by atoms with Crippen molar-refractivity contribution in [2.45, 2.75) is 6.54 Å². The predicted octanol–water partition coefficient (Wildman–Crippen LogP) is 3.12. The molecule has 6 heteroatoms. The molecule has 0 aliphatic carbocycles. The average Bonchev–Trinajstić information content (AvgIpc) is 2.79. The zero-order valence-electron chi connectivity index (χ0n) is 9.21. The summed E-state index contributed by atoms with van der Waals surface area (Å²) in [6.07, 6.45) is 1.54. The van der Waals surface area contributed by atoms with E-state index < -0.39 is 11.8 Å². The van der Waals surface area contributed by atoms with Gasteiger partial charge in [-0.1, -0.05) is 11.6 Å². The summed E-state index contributed by atoms with van der Waals surface area (Å²) >= 11 is 5.56. The largest absolute Gasteiger partial charge is 0.478 e. The molecule has 0 aliphatic rings. The standard InChI is InChI=1S/C12H10ClFN2O2/c13-9-2-1-7(5-10(9)14)16-6-11-8(12(17)18)3-4-15-11/h1-5,15-16H,6H2,(H,17,18). The molecule has 18 heavy (non-hydrogen) atoms. The van der Waals surface area contributed by atoms with Gasteiger partial charge in [0.05, 0.1) is 17.1 Å². The molecule has 2 rings (SSSR count). The van der Waals surface area contributed by atoms with Gasteiger partial charge in [-0.25, -0.2) is 9.18 Å². The Morgan fingerprint density at radius 1 is 1.44 bits per heavy atom. The highest BCUT2D eigenvalue weighted by Gasteiger charge is 2.10. The van der Waals surface area contributed by atoms with Crippen LogP contribution in [0.1, 0.15) is 16.1 Å². The maximum Gasteiger partial charge on any atom is 0.337 e. The highest BCUT2D eigenvalue weighted by molar-refractivity contribution is 6.30. The molecule has 1 heterocycles. The summed E-state index contributed by atoms with van der Waals surface area (Å²) in [6.45, 7) is 0.260. The van der Waals surface area contributed by atoms with Crippen LogP contribution in [0.5, 0.6) is 0 Å². The molecule has 4 nitrogen and oxygen atoms in total. The van der Waals surface area contributed by atoms with Gasteiger partial charge in [0.1, 0.15) is 5.82 Å². The summed E-state index contributed by atoms with van der Waals surface area (Å²) in [7, 11) is 0. The zero-order valence-corrected chi connectivity index (χ0v) is 9.96. The number of H-pyrrole nitrogens is 1. The summed E-state index contributed by atoms with van der Waals surface area (Å²) in [5.74, 6) is -1.53. The number of aromatic amines is 1. The van der Waals surface area contributed by atoms with Gasteiger partial charge in [0, 0.05) is 17.6 Å². The smallest absolute Gasteiger partial charge is 0.337 e. The second-order valence-electron chi connectivity index (χ2n) is 3.66. The molecule has 0 bridgehead atoms. The van der Waals surface area contributed by atoms with E-state index >= 15 is 0 Å². The number of carbonyl (C=O) groups is 1. The van der Waals surface area contributed by atoms with E-state index in [4.69, 9.17) is 16.7 Å². The fourth-order valence-corrected chi connectivity index (χ4v) is 1.66. The monoisotopic (exact) mass is 268 g/mol. The summed E-state index contributed by atoms with van der Waals surface area (Å²) in [5.41, 5.74) is 1.25. The van der Waals surface area contributed by atoms with Gasteiger partial charge in [-0.3, -0.25) is 0 Å². The van der Waals surface area contributed by atoms with Crippen molar-refractivity contribution in [1.29, 1.82) is 0 Å². The maximum absolute atomic E-state index is 13.2. The fraction of sp³-hybridized carbons (Fsp3) is 0.0833. The van der Waals surface area contributed by atoms with Gasteiger partial charge in [-0.15, -0.1) is 0 Å². The first-order valence-electron chi connectivity index (χ1n) is 5.16. The normalized spacial score (nSPS) is 10.3. The number of hydrogen-bond donors (Lipinski definition) is 3. The molecular formula is C12H10ClFN2O2. The van der Waals surface area contributed by atoms with Crippen LogP contribution >= 0.6 is 11.6 Å². The molecule has 94 valence electrons. The van der Waals surface area contributed by atoms with E-state index in [1.807, 2.05) is 0 Å². The lowest BCUT2D eigenvalue weighted by atomic mass is 10.2. The molecule has 1 aromatic carbocycles. The van der Waals surface area contributed by atoms with Gasteiger partial charge in [-0.05, 0) is 24.3 Å². The van der Waals surface area contributed by atoms with E-state index in [9.17, 15) is 9.18 Å². The number of carboxylic acid groups (broad SMARTS) is 1. The van der Waals surface area contributed by atoms with Crippen LogP contribution in [-0.4, -0.2) is 16.1 Å². The topological polar surface area (TPSA) is 65.1 Å². The number of nitrogens with one attached hydrogen (secondary N) is 2. The van der Waals surface area contributed by atoms with E-state index in [0.717, 1.165) is 0 Å². The van der Waals surface area contributed by atoms with Crippen molar-refractivity contribution in [1.82, 2.24) is 4.98 Å².